The molecule has 29 heavy (non-hydrogen) atoms. The number of carbonyl (C=O) groups is 1. The van der Waals surface area contributed by atoms with Crippen molar-refractivity contribution in [1.29, 1.82) is 0 Å². The number of carbonyl (C=O) groups excluding carboxylic acids is 1. The fourth-order valence-electron chi connectivity index (χ4n) is 4.65. The molecule has 0 N–H and O–H groups in total. The highest BCUT2D eigenvalue weighted by Crippen LogP contribution is 2.47. The van der Waals surface area contributed by atoms with Crippen LogP contribution in [0, 0.1) is 11.8 Å². The van der Waals surface area contributed by atoms with E-state index in [4.69, 9.17) is 4.74 Å². The third-order valence-electron chi connectivity index (χ3n) is 5.85. The van der Waals surface area contributed by atoms with Gasteiger partial charge in [0.25, 0.3) is 0 Å². The average molecular weight is 405 g/mol. The van der Waals surface area contributed by atoms with Crippen LogP contribution >= 0.6 is 0 Å². The van der Waals surface area contributed by atoms with E-state index in [0.717, 1.165) is 30.0 Å². The van der Waals surface area contributed by atoms with Gasteiger partial charge in [0.15, 0.2) is 0 Å². The molecule has 6 nitrogen and oxygen atoms in total. The van der Waals surface area contributed by atoms with E-state index in [1.165, 1.54) is 32.1 Å². The Morgan fingerprint density at radius 3 is 2.38 bits per heavy atom. The van der Waals surface area contributed by atoms with Crippen molar-refractivity contribution in [3.8, 4) is 0 Å². The van der Waals surface area contributed by atoms with Crippen LogP contribution in [0.1, 0.15) is 103 Å². The zero-order valence-electron chi connectivity index (χ0n) is 19.4. The van der Waals surface area contributed by atoms with Gasteiger partial charge in [-0.2, -0.15) is 0 Å². The first-order valence-corrected chi connectivity index (χ1v) is 11.3. The highest BCUT2D eigenvalue weighted by molar-refractivity contribution is 5.71. The third kappa shape index (κ3) is 6.03. The van der Waals surface area contributed by atoms with Crippen LogP contribution < -0.4 is 0 Å². The molecule has 1 aromatic heterocycles. The normalized spacial score (nSPS) is 23.3. The standard InChI is InChI=1S/C23H40N4O2/c1-15(2)10-16-11-17(12-16)21-24-25-22(27(21)19-8-9-19)18(14-26(6)7)13-20(28)29-23(3,4)5/h15-19H,8-14H2,1-7H3/t16?,17?,18-/m1/s1. The lowest BCUT2D eigenvalue weighted by molar-refractivity contribution is -0.155. The maximum atomic E-state index is 12.6. The number of ether oxygens (including phenoxy) is 1. The molecule has 2 saturated carbocycles. The highest BCUT2D eigenvalue weighted by atomic mass is 16.6. The van der Waals surface area contributed by atoms with E-state index in [1.807, 2.05) is 34.9 Å². The van der Waals surface area contributed by atoms with E-state index >= 15 is 0 Å². The maximum absolute atomic E-state index is 12.6. The summed E-state index contributed by atoms with van der Waals surface area (Å²) in [6.45, 7) is 11.1. The van der Waals surface area contributed by atoms with Crippen molar-refractivity contribution in [1.82, 2.24) is 19.7 Å². The fourth-order valence-corrected chi connectivity index (χ4v) is 4.65. The Kier molecular flexibility index (Phi) is 6.71. The van der Waals surface area contributed by atoms with E-state index in [9.17, 15) is 4.79 Å². The van der Waals surface area contributed by atoms with Crippen molar-refractivity contribution < 1.29 is 9.53 Å². The summed E-state index contributed by atoms with van der Waals surface area (Å²) in [4.78, 5) is 14.7. The van der Waals surface area contributed by atoms with Crippen molar-refractivity contribution in [3.63, 3.8) is 0 Å². The summed E-state index contributed by atoms with van der Waals surface area (Å²) in [7, 11) is 4.09. The SMILES string of the molecule is CC(C)CC1CC(c2nnc([C@H](CC(=O)OC(C)(C)C)CN(C)C)n2C2CC2)C1. The number of hydrogen-bond donors (Lipinski definition) is 0. The zero-order valence-corrected chi connectivity index (χ0v) is 19.4. The molecule has 1 aromatic rings. The molecule has 0 radical (unpaired) electrons. The van der Waals surface area contributed by atoms with Gasteiger partial charge in [-0.25, -0.2) is 0 Å². The molecule has 2 aliphatic rings. The van der Waals surface area contributed by atoms with Gasteiger partial charge in [-0.05, 0) is 78.8 Å². The molecule has 0 unspecified atom stereocenters. The first-order valence-electron chi connectivity index (χ1n) is 11.3. The molecule has 3 rings (SSSR count). The third-order valence-corrected chi connectivity index (χ3v) is 5.85. The van der Waals surface area contributed by atoms with Gasteiger partial charge in [-0.3, -0.25) is 4.79 Å². The highest BCUT2D eigenvalue weighted by Gasteiger charge is 2.40. The summed E-state index contributed by atoms with van der Waals surface area (Å²) >= 11 is 0. The van der Waals surface area contributed by atoms with Crippen molar-refractivity contribution in [2.24, 2.45) is 11.8 Å². The van der Waals surface area contributed by atoms with Gasteiger partial charge >= 0.3 is 5.97 Å². The van der Waals surface area contributed by atoms with Crippen molar-refractivity contribution in [2.75, 3.05) is 20.6 Å². The second-order valence-electron chi connectivity index (χ2n) is 10.9. The molecule has 2 aliphatic carbocycles. The molecule has 1 heterocycles. The first kappa shape index (κ1) is 22.3. The second kappa shape index (κ2) is 8.75. The largest absolute Gasteiger partial charge is 0.460 e. The van der Waals surface area contributed by atoms with Crippen molar-refractivity contribution >= 4 is 5.97 Å². The van der Waals surface area contributed by atoms with Crippen LogP contribution in [0.2, 0.25) is 0 Å². The van der Waals surface area contributed by atoms with Crippen LogP contribution in [0.25, 0.3) is 0 Å². The molecule has 0 bridgehead atoms. The van der Waals surface area contributed by atoms with Crippen LogP contribution in [0.3, 0.4) is 0 Å². The molecule has 1 atom stereocenters. The summed E-state index contributed by atoms with van der Waals surface area (Å²) in [6.07, 6.45) is 6.51. The molecular formula is C23H40N4O2. The van der Waals surface area contributed by atoms with Crippen LogP contribution in [-0.2, 0) is 9.53 Å². The van der Waals surface area contributed by atoms with Gasteiger partial charge in [0.2, 0.25) is 0 Å². The lowest BCUT2D eigenvalue weighted by Gasteiger charge is -2.36. The average Bonchev–Trinajstić information content (AvgIpc) is 3.26. The molecule has 0 amide bonds. The van der Waals surface area contributed by atoms with Crippen LogP contribution in [0.5, 0.6) is 0 Å². The molecule has 0 saturated heterocycles. The number of nitrogens with zero attached hydrogens (tertiary/aromatic N) is 4. The molecule has 0 aromatic carbocycles. The molecule has 0 aliphatic heterocycles. The summed E-state index contributed by atoms with van der Waals surface area (Å²) < 4.78 is 8.01. The lowest BCUT2D eigenvalue weighted by atomic mass is 9.71. The second-order valence-corrected chi connectivity index (χ2v) is 10.9. The minimum atomic E-state index is -0.466. The van der Waals surface area contributed by atoms with E-state index in [1.54, 1.807) is 0 Å². The van der Waals surface area contributed by atoms with Gasteiger partial charge in [-0.1, -0.05) is 13.8 Å². The Hall–Kier alpha value is -1.43. The number of rotatable bonds is 9. The van der Waals surface area contributed by atoms with E-state index in [0.29, 0.717) is 18.4 Å². The number of aromatic nitrogens is 3. The molecular weight excluding hydrogens is 364 g/mol. The maximum Gasteiger partial charge on any atom is 0.307 e. The first-order chi connectivity index (χ1) is 13.5. The molecule has 6 heteroatoms. The molecule has 2 fully saturated rings. The quantitative estimate of drug-likeness (QED) is 0.566. The summed E-state index contributed by atoms with van der Waals surface area (Å²) in [5.74, 6) is 4.11. The Labute approximate surface area is 176 Å². The Morgan fingerprint density at radius 1 is 1.21 bits per heavy atom. The van der Waals surface area contributed by atoms with Gasteiger partial charge in [0.05, 0.1) is 6.42 Å². The van der Waals surface area contributed by atoms with Crippen molar-refractivity contribution in [3.05, 3.63) is 11.6 Å². The fraction of sp³-hybridized carbons (Fsp3) is 0.870. The number of likely N-dealkylation sites (N-methyl/N-ethyl adjacent to an activating group) is 1. The van der Waals surface area contributed by atoms with Crippen molar-refractivity contribution in [2.45, 2.75) is 96.6 Å². The molecule has 0 spiro atoms. The smallest absolute Gasteiger partial charge is 0.307 e. The molecule has 164 valence electrons. The monoisotopic (exact) mass is 404 g/mol. The van der Waals surface area contributed by atoms with Crippen LogP contribution in [-0.4, -0.2) is 51.9 Å². The minimum absolute atomic E-state index is 0.00763. The lowest BCUT2D eigenvalue weighted by Crippen LogP contribution is -2.30. The zero-order chi connectivity index (χ0) is 21.3. The predicted molar refractivity (Wildman–Crippen MR) is 115 cm³/mol. The summed E-state index contributed by atoms with van der Waals surface area (Å²) in [6, 6.07) is 0.516. The van der Waals surface area contributed by atoms with Gasteiger partial charge in [-0.15, -0.1) is 10.2 Å². The number of esters is 1. The minimum Gasteiger partial charge on any atom is -0.460 e. The van der Waals surface area contributed by atoms with Crippen LogP contribution in [0.15, 0.2) is 0 Å². The Morgan fingerprint density at radius 2 is 1.86 bits per heavy atom. The van der Waals surface area contributed by atoms with Gasteiger partial charge in [0, 0.05) is 24.4 Å². The Balaban J connectivity index is 1.77. The summed E-state index contributed by atoms with van der Waals surface area (Å²) in [5.41, 5.74) is -0.466. The van der Waals surface area contributed by atoms with E-state index in [-0.39, 0.29) is 11.9 Å². The van der Waals surface area contributed by atoms with Gasteiger partial charge in [0.1, 0.15) is 17.2 Å². The van der Waals surface area contributed by atoms with E-state index in [2.05, 4.69) is 33.5 Å². The van der Waals surface area contributed by atoms with Crippen LogP contribution in [0.4, 0.5) is 0 Å². The Bertz CT molecular complexity index is 694. The predicted octanol–water partition coefficient (Wildman–Crippen LogP) is 4.53. The van der Waals surface area contributed by atoms with Gasteiger partial charge < -0.3 is 14.2 Å². The van der Waals surface area contributed by atoms with E-state index < -0.39 is 5.60 Å². The topological polar surface area (TPSA) is 60.2 Å². The summed E-state index contributed by atoms with van der Waals surface area (Å²) in [5, 5.41) is 9.31. The number of hydrogen-bond acceptors (Lipinski definition) is 5.